The van der Waals surface area contributed by atoms with E-state index in [1.807, 2.05) is 24.1 Å². The van der Waals surface area contributed by atoms with Gasteiger partial charge in [0.25, 0.3) is 5.69 Å². The zero-order valence-corrected chi connectivity index (χ0v) is 15.7. The second kappa shape index (κ2) is 8.12. The first-order valence-electron chi connectivity index (χ1n) is 8.13. The fraction of sp³-hybridized carbons (Fsp3) is 0.333. The van der Waals surface area contributed by atoms with E-state index in [-0.39, 0.29) is 5.69 Å². The number of fused-ring (bicyclic) bond motifs is 1. The highest BCUT2D eigenvalue weighted by molar-refractivity contribution is 6.32. The summed E-state index contributed by atoms with van der Waals surface area (Å²) >= 11 is 12.5. The predicted octanol–water partition coefficient (Wildman–Crippen LogP) is 4.69. The summed E-state index contributed by atoms with van der Waals surface area (Å²) in [6, 6.07) is 8.21. The van der Waals surface area contributed by atoms with E-state index in [1.165, 1.54) is 12.1 Å². The van der Waals surface area contributed by atoms with Gasteiger partial charge in [-0.15, -0.1) is 0 Å². The van der Waals surface area contributed by atoms with Crippen molar-refractivity contribution in [1.82, 2.24) is 4.90 Å². The van der Waals surface area contributed by atoms with Crippen LogP contribution in [0.15, 0.2) is 30.3 Å². The molecule has 0 N–H and O–H groups in total. The Hall–Kier alpha value is -2.02. The van der Waals surface area contributed by atoms with Gasteiger partial charge in [-0.25, -0.2) is 0 Å². The summed E-state index contributed by atoms with van der Waals surface area (Å²) in [4.78, 5) is 12.5. The second-order valence-corrected chi connectivity index (χ2v) is 6.97. The molecule has 8 heteroatoms. The molecule has 3 rings (SSSR count). The molecule has 138 valence electrons. The zero-order chi connectivity index (χ0) is 18.7. The molecule has 2 aromatic rings. The first kappa shape index (κ1) is 18.8. The van der Waals surface area contributed by atoms with E-state index in [4.69, 9.17) is 32.7 Å². The van der Waals surface area contributed by atoms with Crippen molar-refractivity contribution in [3.63, 3.8) is 0 Å². The molecule has 0 saturated heterocycles. The number of nitrogens with zero attached hydrogens (tertiary/aromatic N) is 2. The Labute approximate surface area is 161 Å². The summed E-state index contributed by atoms with van der Waals surface area (Å²) in [6.07, 6.45) is 0.811. The SMILES string of the molecule is CN(Cc1cc(Cl)c2c(c1)OCCCO2)Cc1cc([N+](=O)[O-])ccc1Cl. The largest absolute Gasteiger partial charge is 0.489 e. The molecule has 0 atom stereocenters. The molecule has 0 spiro atoms. The number of nitro benzene ring substituents is 1. The van der Waals surface area contributed by atoms with Crippen LogP contribution >= 0.6 is 23.2 Å². The van der Waals surface area contributed by atoms with Crippen molar-refractivity contribution >= 4 is 28.9 Å². The number of hydrogen-bond donors (Lipinski definition) is 0. The molecule has 26 heavy (non-hydrogen) atoms. The van der Waals surface area contributed by atoms with Crippen molar-refractivity contribution < 1.29 is 14.4 Å². The number of non-ortho nitro benzene ring substituents is 1. The molecule has 1 heterocycles. The minimum Gasteiger partial charge on any atom is -0.489 e. The lowest BCUT2D eigenvalue weighted by molar-refractivity contribution is -0.384. The van der Waals surface area contributed by atoms with Gasteiger partial charge in [0.05, 0.1) is 23.2 Å². The number of hydrogen-bond acceptors (Lipinski definition) is 5. The van der Waals surface area contributed by atoms with Crippen molar-refractivity contribution in [2.24, 2.45) is 0 Å². The number of rotatable bonds is 5. The maximum atomic E-state index is 11.0. The average molecular weight is 397 g/mol. The van der Waals surface area contributed by atoms with E-state index in [0.717, 1.165) is 12.0 Å². The van der Waals surface area contributed by atoms with E-state index in [9.17, 15) is 10.1 Å². The van der Waals surface area contributed by atoms with Crippen LogP contribution in [0.4, 0.5) is 5.69 Å². The summed E-state index contributed by atoms with van der Waals surface area (Å²) in [6.45, 7) is 2.21. The average Bonchev–Trinajstić information content (AvgIpc) is 2.82. The van der Waals surface area contributed by atoms with E-state index < -0.39 is 4.92 Å². The summed E-state index contributed by atoms with van der Waals surface area (Å²) in [5.74, 6) is 1.23. The lowest BCUT2D eigenvalue weighted by Gasteiger charge is -2.19. The molecule has 6 nitrogen and oxygen atoms in total. The maximum absolute atomic E-state index is 11.0. The minimum atomic E-state index is -0.427. The highest BCUT2D eigenvalue weighted by Gasteiger charge is 2.17. The van der Waals surface area contributed by atoms with Crippen LogP contribution in [0.25, 0.3) is 0 Å². The molecule has 0 fully saturated rings. The standard InChI is InChI=1S/C18H18Cl2N2O4/c1-21(11-13-9-14(22(23)24)3-4-15(13)19)10-12-7-16(20)18-17(8-12)25-5-2-6-26-18/h3-4,7-9H,2,5-6,10-11H2,1H3. The first-order chi connectivity index (χ1) is 12.4. The highest BCUT2D eigenvalue weighted by Crippen LogP contribution is 2.38. The molecule has 2 aromatic carbocycles. The van der Waals surface area contributed by atoms with Crippen molar-refractivity contribution in [2.75, 3.05) is 20.3 Å². The predicted molar refractivity (Wildman–Crippen MR) is 100 cm³/mol. The number of nitro groups is 1. The number of halogens is 2. The van der Waals surface area contributed by atoms with Crippen LogP contribution in [0.5, 0.6) is 11.5 Å². The van der Waals surface area contributed by atoms with Gasteiger partial charge in [0.1, 0.15) is 0 Å². The van der Waals surface area contributed by atoms with E-state index >= 15 is 0 Å². The molecule has 0 aromatic heterocycles. The van der Waals surface area contributed by atoms with Crippen LogP contribution in [0, 0.1) is 10.1 Å². The first-order valence-corrected chi connectivity index (χ1v) is 8.89. The Balaban J connectivity index is 1.75. The van der Waals surface area contributed by atoms with Crippen molar-refractivity contribution in [1.29, 1.82) is 0 Å². The smallest absolute Gasteiger partial charge is 0.269 e. The third kappa shape index (κ3) is 4.38. The van der Waals surface area contributed by atoms with Gasteiger partial charge in [0.2, 0.25) is 0 Å². The Morgan fingerprint density at radius 3 is 2.65 bits per heavy atom. The molecule has 0 amide bonds. The Kier molecular flexibility index (Phi) is 5.86. The van der Waals surface area contributed by atoms with Gasteiger partial charge in [-0.2, -0.15) is 0 Å². The van der Waals surface area contributed by atoms with Crippen LogP contribution in [0.2, 0.25) is 10.0 Å². The fourth-order valence-electron chi connectivity index (χ4n) is 2.83. The molecule has 1 aliphatic rings. The van der Waals surface area contributed by atoms with Gasteiger partial charge in [-0.3, -0.25) is 15.0 Å². The Bertz CT molecular complexity index is 829. The monoisotopic (exact) mass is 396 g/mol. The molecule has 0 bridgehead atoms. The van der Waals surface area contributed by atoms with Gasteiger partial charge >= 0.3 is 0 Å². The lowest BCUT2D eigenvalue weighted by Crippen LogP contribution is -2.17. The summed E-state index contributed by atoms with van der Waals surface area (Å²) < 4.78 is 11.3. The van der Waals surface area contributed by atoms with Crippen molar-refractivity contribution in [3.8, 4) is 11.5 Å². The van der Waals surface area contributed by atoms with Crippen LogP contribution in [-0.2, 0) is 13.1 Å². The van der Waals surface area contributed by atoms with E-state index in [0.29, 0.717) is 53.4 Å². The topological polar surface area (TPSA) is 64.8 Å². The van der Waals surface area contributed by atoms with Gasteiger partial charge < -0.3 is 9.47 Å². The highest BCUT2D eigenvalue weighted by atomic mass is 35.5. The summed E-state index contributed by atoms with van der Waals surface area (Å²) in [7, 11) is 1.91. The van der Waals surface area contributed by atoms with Gasteiger partial charge in [0, 0.05) is 36.7 Å². The Morgan fingerprint density at radius 2 is 1.88 bits per heavy atom. The van der Waals surface area contributed by atoms with Crippen LogP contribution in [0.1, 0.15) is 17.5 Å². The number of ether oxygens (including phenoxy) is 2. The van der Waals surface area contributed by atoms with Crippen LogP contribution in [-0.4, -0.2) is 30.1 Å². The summed E-state index contributed by atoms with van der Waals surface area (Å²) in [5.41, 5.74) is 1.68. The molecular formula is C18H18Cl2N2O4. The Morgan fingerprint density at radius 1 is 1.12 bits per heavy atom. The minimum absolute atomic E-state index is 0.0245. The molecule has 0 saturated carbocycles. The van der Waals surface area contributed by atoms with Crippen LogP contribution < -0.4 is 9.47 Å². The lowest BCUT2D eigenvalue weighted by atomic mass is 10.1. The third-order valence-electron chi connectivity index (χ3n) is 3.99. The van der Waals surface area contributed by atoms with E-state index in [1.54, 1.807) is 6.07 Å². The zero-order valence-electron chi connectivity index (χ0n) is 14.2. The van der Waals surface area contributed by atoms with Crippen molar-refractivity contribution in [3.05, 3.63) is 61.6 Å². The molecular weight excluding hydrogens is 379 g/mol. The van der Waals surface area contributed by atoms with Crippen molar-refractivity contribution in [2.45, 2.75) is 19.5 Å². The fourth-order valence-corrected chi connectivity index (χ4v) is 3.29. The molecule has 0 unspecified atom stereocenters. The van der Waals surface area contributed by atoms with Gasteiger partial charge in [-0.1, -0.05) is 23.2 Å². The summed E-state index contributed by atoms with van der Waals surface area (Å²) in [5, 5.41) is 12.0. The second-order valence-electron chi connectivity index (χ2n) is 6.16. The molecule has 1 aliphatic heterocycles. The van der Waals surface area contributed by atoms with E-state index in [2.05, 4.69) is 0 Å². The maximum Gasteiger partial charge on any atom is 0.269 e. The molecule has 0 aliphatic carbocycles. The quantitative estimate of drug-likeness (QED) is 0.541. The number of benzene rings is 2. The van der Waals surface area contributed by atoms with Gasteiger partial charge in [-0.05, 0) is 36.4 Å². The van der Waals surface area contributed by atoms with Gasteiger partial charge in [0.15, 0.2) is 11.5 Å². The third-order valence-corrected chi connectivity index (χ3v) is 4.64. The normalized spacial score (nSPS) is 13.5. The van der Waals surface area contributed by atoms with Crippen LogP contribution in [0.3, 0.4) is 0 Å². The molecule has 0 radical (unpaired) electrons.